The number of benzene rings is 1. The summed E-state index contributed by atoms with van der Waals surface area (Å²) in [4.78, 5) is 14.5. The molecule has 2 aromatic rings. The Balaban J connectivity index is 2.27. The minimum Gasteiger partial charge on any atom is -0.430 e. The standard InChI is InChI=1S/C13H12ClN3O3/c1-15-7-9-5-6-12(16-8-9)20-13-10(14)3-2-4-11(13)17(18)19/h2-6,8,15H,7H2,1H3. The van der Waals surface area contributed by atoms with Gasteiger partial charge in [0, 0.05) is 24.9 Å². The molecule has 1 heterocycles. The van der Waals surface area contributed by atoms with Crippen LogP contribution in [0.5, 0.6) is 11.6 Å². The Hall–Kier alpha value is -2.18. The van der Waals surface area contributed by atoms with Gasteiger partial charge < -0.3 is 10.1 Å². The lowest BCUT2D eigenvalue weighted by Gasteiger charge is -2.07. The molecule has 0 bridgehead atoms. The van der Waals surface area contributed by atoms with Crippen molar-refractivity contribution in [2.45, 2.75) is 6.54 Å². The molecule has 0 aliphatic carbocycles. The van der Waals surface area contributed by atoms with Gasteiger partial charge in [0.15, 0.2) is 0 Å². The van der Waals surface area contributed by atoms with Gasteiger partial charge in [0.05, 0.1) is 9.95 Å². The van der Waals surface area contributed by atoms with Crippen molar-refractivity contribution in [1.82, 2.24) is 10.3 Å². The lowest BCUT2D eigenvalue weighted by Crippen LogP contribution is -2.05. The fraction of sp³-hybridized carbons (Fsp3) is 0.154. The Morgan fingerprint density at radius 2 is 2.20 bits per heavy atom. The lowest BCUT2D eigenvalue weighted by atomic mass is 10.3. The molecule has 0 aliphatic rings. The van der Waals surface area contributed by atoms with Crippen LogP contribution in [0.25, 0.3) is 0 Å². The number of halogens is 1. The molecule has 20 heavy (non-hydrogen) atoms. The summed E-state index contributed by atoms with van der Waals surface area (Å²) in [5.74, 6) is 0.245. The first-order valence-corrected chi connectivity index (χ1v) is 6.20. The normalized spacial score (nSPS) is 10.3. The van der Waals surface area contributed by atoms with Crippen LogP contribution in [0.2, 0.25) is 5.02 Å². The number of nitro benzene ring substituents is 1. The van der Waals surface area contributed by atoms with Gasteiger partial charge in [-0.3, -0.25) is 10.1 Å². The number of hydrogen-bond donors (Lipinski definition) is 1. The predicted molar refractivity (Wildman–Crippen MR) is 75.2 cm³/mol. The van der Waals surface area contributed by atoms with Crippen molar-refractivity contribution in [3.05, 3.63) is 57.2 Å². The average Bonchev–Trinajstić information content (AvgIpc) is 2.43. The van der Waals surface area contributed by atoms with Gasteiger partial charge in [-0.1, -0.05) is 23.7 Å². The SMILES string of the molecule is CNCc1ccc(Oc2c(Cl)cccc2[N+](=O)[O-])nc1. The number of nitro groups is 1. The van der Waals surface area contributed by atoms with Gasteiger partial charge in [-0.2, -0.15) is 0 Å². The Bertz CT molecular complexity index is 617. The van der Waals surface area contributed by atoms with Crippen LogP contribution in [0.4, 0.5) is 5.69 Å². The smallest absolute Gasteiger partial charge is 0.313 e. The number of pyridine rings is 1. The first kappa shape index (κ1) is 14.2. The molecule has 7 heteroatoms. The van der Waals surface area contributed by atoms with Gasteiger partial charge in [-0.25, -0.2) is 4.98 Å². The highest BCUT2D eigenvalue weighted by molar-refractivity contribution is 6.32. The molecule has 6 nitrogen and oxygen atoms in total. The number of aromatic nitrogens is 1. The van der Waals surface area contributed by atoms with Crippen LogP contribution in [0.15, 0.2) is 36.5 Å². The van der Waals surface area contributed by atoms with E-state index >= 15 is 0 Å². The van der Waals surface area contributed by atoms with Gasteiger partial charge in [-0.15, -0.1) is 0 Å². The summed E-state index contributed by atoms with van der Waals surface area (Å²) < 4.78 is 5.43. The van der Waals surface area contributed by atoms with Gasteiger partial charge >= 0.3 is 5.69 Å². The molecular formula is C13H12ClN3O3. The molecule has 0 fully saturated rings. The maximum atomic E-state index is 10.9. The number of hydrogen-bond acceptors (Lipinski definition) is 5. The predicted octanol–water partition coefficient (Wildman–Crippen LogP) is 3.15. The molecule has 0 unspecified atom stereocenters. The molecule has 0 spiro atoms. The third-order valence-electron chi connectivity index (χ3n) is 2.53. The van der Waals surface area contributed by atoms with E-state index in [1.54, 1.807) is 12.3 Å². The van der Waals surface area contributed by atoms with E-state index in [1.165, 1.54) is 18.2 Å². The summed E-state index contributed by atoms with van der Waals surface area (Å²) in [5, 5.41) is 14.1. The van der Waals surface area contributed by atoms with E-state index in [2.05, 4.69) is 10.3 Å². The molecule has 1 N–H and O–H groups in total. The average molecular weight is 294 g/mol. The van der Waals surface area contributed by atoms with Crippen molar-refractivity contribution in [1.29, 1.82) is 0 Å². The zero-order valence-corrected chi connectivity index (χ0v) is 11.4. The summed E-state index contributed by atoms with van der Waals surface area (Å²) in [5.41, 5.74) is 0.784. The molecule has 0 saturated heterocycles. The Morgan fingerprint density at radius 1 is 1.40 bits per heavy atom. The Morgan fingerprint density at radius 3 is 2.80 bits per heavy atom. The van der Waals surface area contributed by atoms with Crippen LogP contribution in [-0.4, -0.2) is 17.0 Å². The summed E-state index contributed by atoms with van der Waals surface area (Å²) in [6, 6.07) is 7.81. The van der Waals surface area contributed by atoms with Crippen molar-refractivity contribution in [2.75, 3.05) is 7.05 Å². The maximum Gasteiger partial charge on any atom is 0.313 e. The highest BCUT2D eigenvalue weighted by Crippen LogP contribution is 2.37. The second kappa shape index (κ2) is 6.31. The summed E-state index contributed by atoms with van der Waals surface area (Å²) in [6.07, 6.45) is 1.63. The summed E-state index contributed by atoms with van der Waals surface area (Å²) in [7, 11) is 1.83. The summed E-state index contributed by atoms with van der Waals surface area (Å²) in [6.45, 7) is 0.680. The van der Waals surface area contributed by atoms with E-state index < -0.39 is 4.92 Å². The van der Waals surface area contributed by atoms with Crippen molar-refractivity contribution in [3.63, 3.8) is 0 Å². The van der Waals surface area contributed by atoms with E-state index in [0.717, 1.165) is 5.56 Å². The van der Waals surface area contributed by atoms with Crippen LogP contribution < -0.4 is 10.1 Å². The molecule has 2 rings (SSSR count). The molecule has 0 amide bonds. The zero-order valence-electron chi connectivity index (χ0n) is 10.7. The quantitative estimate of drug-likeness (QED) is 0.677. The molecule has 0 saturated carbocycles. The minimum atomic E-state index is -0.545. The molecule has 1 aromatic heterocycles. The second-order valence-corrected chi connectivity index (χ2v) is 4.39. The Kier molecular flexibility index (Phi) is 4.49. The van der Waals surface area contributed by atoms with E-state index in [4.69, 9.17) is 16.3 Å². The topological polar surface area (TPSA) is 77.3 Å². The third kappa shape index (κ3) is 3.23. The number of ether oxygens (including phenoxy) is 1. The lowest BCUT2D eigenvalue weighted by molar-refractivity contribution is -0.385. The number of rotatable bonds is 5. The van der Waals surface area contributed by atoms with Crippen molar-refractivity contribution < 1.29 is 9.66 Å². The van der Waals surface area contributed by atoms with Gasteiger partial charge in [0.2, 0.25) is 11.6 Å². The maximum absolute atomic E-state index is 10.9. The highest BCUT2D eigenvalue weighted by Gasteiger charge is 2.19. The fourth-order valence-corrected chi connectivity index (χ4v) is 1.83. The second-order valence-electron chi connectivity index (χ2n) is 3.98. The minimum absolute atomic E-state index is 0.00645. The van der Waals surface area contributed by atoms with E-state index in [0.29, 0.717) is 6.54 Å². The van der Waals surface area contributed by atoms with Crippen LogP contribution in [0.3, 0.4) is 0 Å². The molecule has 0 radical (unpaired) electrons. The number of nitrogens with one attached hydrogen (secondary N) is 1. The third-order valence-corrected chi connectivity index (χ3v) is 2.83. The van der Waals surface area contributed by atoms with E-state index in [9.17, 15) is 10.1 Å². The van der Waals surface area contributed by atoms with Crippen molar-refractivity contribution in [2.24, 2.45) is 0 Å². The molecule has 1 aromatic carbocycles. The first-order chi connectivity index (χ1) is 9.61. The van der Waals surface area contributed by atoms with Gasteiger partial charge in [-0.05, 0) is 18.7 Å². The van der Waals surface area contributed by atoms with Crippen LogP contribution >= 0.6 is 11.6 Å². The van der Waals surface area contributed by atoms with Crippen LogP contribution in [-0.2, 0) is 6.54 Å². The molecular weight excluding hydrogens is 282 g/mol. The highest BCUT2D eigenvalue weighted by atomic mass is 35.5. The first-order valence-electron chi connectivity index (χ1n) is 5.82. The fourth-order valence-electron chi connectivity index (χ4n) is 1.63. The zero-order chi connectivity index (χ0) is 14.5. The number of para-hydroxylation sites is 1. The monoisotopic (exact) mass is 293 g/mol. The van der Waals surface area contributed by atoms with E-state index in [-0.39, 0.29) is 22.3 Å². The molecule has 0 aliphatic heterocycles. The molecule has 104 valence electrons. The van der Waals surface area contributed by atoms with Crippen LogP contribution in [0.1, 0.15) is 5.56 Å². The van der Waals surface area contributed by atoms with Crippen molar-refractivity contribution in [3.8, 4) is 11.6 Å². The largest absolute Gasteiger partial charge is 0.430 e. The van der Waals surface area contributed by atoms with E-state index in [1.807, 2.05) is 13.1 Å². The Labute approximate surface area is 120 Å². The van der Waals surface area contributed by atoms with Crippen LogP contribution in [0, 0.1) is 10.1 Å². The summed E-state index contributed by atoms with van der Waals surface area (Å²) >= 11 is 5.94. The number of nitrogens with zero attached hydrogens (tertiary/aromatic N) is 2. The van der Waals surface area contributed by atoms with Crippen molar-refractivity contribution >= 4 is 17.3 Å². The molecule has 0 atom stereocenters. The van der Waals surface area contributed by atoms with Gasteiger partial charge in [0.25, 0.3) is 0 Å². The van der Waals surface area contributed by atoms with Gasteiger partial charge in [0.1, 0.15) is 0 Å².